The molecule has 94 valence electrons. The maximum absolute atomic E-state index is 11.3. The Bertz CT molecular complexity index is 230. The maximum atomic E-state index is 11.3. The molecule has 0 aliphatic heterocycles. The molecule has 3 atom stereocenters. The second-order valence-electron chi connectivity index (χ2n) is 4.99. The van der Waals surface area contributed by atoms with Gasteiger partial charge in [0.25, 0.3) is 0 Å². The molecule has 4 heteroatoms. The lowest BCUT2D eigenvalue weighted by molar-refractivity contribution is -0.0256. The summed E-state index contributed by atoms with van der Waals surface area (Å²) in [7, 11) is 0. The zero-order valence-electron chi connectivity index (χ0n) is 10.2. The molecule has 0 aromatic heterocycles. The molecular formula is C12H21IO3. The molecule has 1 rings (SSSR count). The van der Waals surface area contributed by atoms with Crippen molar-refractivity contribution in [2.24, 2.45) is 17.8 Å². The molecule has 0 spiro atoms. The molecule has 0 bridgehead atoms. The monoisotopic (exact) mass is 340 g/mol. The molecule has 0 saturated heterocycles. The van der Waals surface area contributed by atoms with Gasteiger partial charge in [0.15, 0.2) is 0 Å². The average molecular weight is 340 g/mol. The molecule has 1 saturated carbocycles. The van der Waals surface area contributed by atoms with Crippen molar-refractivity contribution in [2.75, 3.05) is 4.61 Å². The molecule has 1 aliphatic rings. The van der Waals surface area contributed by atoms with Gasteiger partial charge in [-0.2, -0.15) is 0 Å². The van der Waals surface area contributed by atoms with Crippen molar-refractivity contribution in [3.8, 4) is 0 Å². The minimum atomic E-state index is -0.515. The maximum Gasteiger partial charge on any atom is 0.509 e. The van der Waals surface area contributed by atoms with E-state index in [1.165, 1.54) is 6.42 Å². The van der Waals surface area contributed by atoms with Crippen molar-refractivity contribution < 1.29 is 14.3 Å². The van der Waals surface area contributed by atoms with Gasteiger partial charge in [0, 0.05) is 0 Å². The topological polar surface area (TPSA) is 35.5 Å². The Labute approximate surface area is 111 Å². The van der Waals surface area contributed by atoms with Crippen LogP contribution in [0.4, 0.5) is 4.79 Å². The van der Waals surface area contributed by atoms with E-state index in [1.54, 1.807) is 0 Å². The summed E-state index contributed by atoms with van der Waals surface area (Å²) >= 11 is 2.00. The predicted molar refractivity (Wildman–Crippen MR) is 71.6 cm³/mol. The quantitative estimate of drug-likeness (QED) is 0.443. The van der Waals surface area contributed by atoms with Crippen molar-refractivity contribution in [1.29, 1.82) is 0 Å². The molecule has 0 N–H and O–H groups in total. The number of carbonyl (C=O) groups excluding carboxylic acids is 1. The number of hydrogen-bond acceptors (Lipinski definition) is 3. The first-order valence-corrected chi connectivity index (χ1v) is 7.46. The first kappa shape index (κ1) is 14.1. The van der Waals surface area contributed by atoms with Crippen LogP contribution < -0.4 is 0 Å². The zero-order valence-corrected chi connectivity index (χ0v) is 12.4. The number of ether oxygens (including phenoxy) is 2. The van der Waals surface area contributed by atoms with E-state index < -0.39 is 6.16 Å². The fourth-order valence-electron chi connectivity index (χ4n) is 2.45. The summed E-state index contributed by atoms with van der Waals surface area (Å²) in [6, 6.07) is 0. The standard InChI is InChI=1S/C12H21IO3/c1-8(2)10-5-4-9(3)6-11(10)16-12(14)15-7-13/h8-11H,4-7H2,1-3H3. The summed E-state index contributed by atoms with van der Waals surface area (Å²) in [4.78, 5) is 11.3. The summed E-state index contributed by atoms with van der Waals surface area (Å²) < 4.78 is 10.6. The Balaban J connectivity index is 2.54. The second-order valence-corrected chi connectivity index (χ2v) is 5.61. The third-order valence-corrected chi connectivity index (χ3v) is 3.69. The molecule has 1 aliphatic carbocycles. The van der Waals surface area contributed by atoms with Crippen molar-refractivity contribution in [3.05, 3.63) is 0 Å². The van der Waals surface area contributed by atoms with Gasteiger partial charge >= 0.3 is 6.16 Å². The van der Waals surface area contributed by atoms with Crippen LogP contribution in [0.3, 0.4) is 0 Å². The largest absolute Gasteiger partial charge is 0.509 e. The summed E-state index contributed by atoms with van der Waals surface area (Å²) in [5.41, 5.74) is 0. The van der Waals surface area contributed by atoms with E-state index in [2.05, 4.69) is 20.8 Å². The van der Waals surface area contributed by atoms with Gasteiger partial charge in [0.1, 0.15) is 10.7 Å². The Kier molecular flexibility index (Phi) is 5.86. The van der Waals surface area contributed by atoms with Gasteiger partial charge in [-0.15, -0.1) is 0 Å². The minimum Gasteiger partial charge on any atom is -0.431 e. The fourth-order valence-corrected chi connectivity index (χ4v) is 2.71. The Morgan fingerprint density at radius 3 is 2.69 bits per heavy atom. The third-order valence-electron chi connectivity index (χ3n) is 3.38. The van der Waals surface area contributed by atoms with Crippen LogP contribution in [-0.4, -0.2) is 16.9 Å². The summed E-state index contributed by atoms with van der Waals surface area (Å²) in [5, 5.41) is 0. The summed E-state index contributed by atoms with van der Waals surface area (Å²) in [6.45, 7) is 6.61. The number of rotatable bonds is 3. The molecule has 0 heterocycles. The van der Waals surface area contributed by atoms with Crippen LogP contribution in [0.1, 0.15) is 40.0 Å². The van der Waals surface area contributed by atoms with E-state index in [-0.39, 0.29) is 6.10 Å². The number of hydrogen-bond donors (Lipinski definition) is 0. The molecule has 1 fully saturated rings. The van der Waals surface area contributed by atoms with Crippen molar-refractivity contribution >= 4 is 28.7 Å². The van der Waals surface area contributed by atoms with Crippen molar-refractivity contribution in [2.45, 2.75) is 46.1 Å². The fraction of sp³-hybridized carbons (Fsp3) is 0.917. The van der Waals surface area contributed by atoms with Crippen LogP contribution in [0.25, 0.3) is 0 Å². The number of carbonyl (C=O) groups is 1. The molecule has 16 heavy (non-hydrogen) atoms. The van der Waals surface area contributed by atoms with E-state index in [1.807, 2.05) is 22.6 Å². The molecule has 0 aromatic rings. The van der Waals surface area contributed by atoms with Gasteiger partial charge in [-0.05, 0) is 53.2 Å². The number of alkyl halides is 1. The van der Waals surface area contributed by atoms with Crippen LogP contribution in [0.5, 0.6) is 0 Å². The predicted octanol–water partition coefficient (Wildman–Crippen LogP) is 3.99. The van der Waals surface area contributed by atoms with Crippen molar-refractivity contribution in [1.82, 2.24) is 0 Å². The second kappa shape index (κ2) is 6.67. The SMILES string of the molecule is CC1CCC(C(C)C)C(OC(=O)OCI)C1. The third kappa shape index (κ3) is 4.11. The van der Waals surface area contributed by atoms with E-state index >= 15 is 0 Å². The van der Waals surface area contributed by atoms with Crippen LogP contribution in [0.2, 0.25) is 0 Å². The van der Waals surface area contributed by atoms with Gasteiger partial charge in [-0.3, -0.25) is 0 Å². The van der Waals surface area contributed by atoms with E-state index in [4.69, 9.17) is 9.47 Å². The molecule has 0 amide bonds. The Morgan fingerprint density at radius 2 is 2.12 bits per heavy atom. The highest BCUT2D eigenvalue weighted by Crippen LogP contribution is 2.35. The van der Waals surface area contributed by atoms with Crippen LogP contribution in [0.15, 0.2) is 0 Å². The molecule has 0 aromatic carbocycles. The Morgan fingerprint density at radius 1 is 1.44 bits per heavy atom. The zero-order chi connectivity index (χ0) is 12.1. The smallest absolute Gasteiger partial charge is 0.431 e. The molecule has 0 radical (unpaired) electrons. The minimum absolute atomic E-state index is 0.0409. The lowest BCUT2D eigenvalue weighted by atomic mass is 9.75. The van der Waals surface area contributed by atoms with Crippen LogP contribution in [-0.2, 0) is 9.47 Å². The molecule has 3 nitrogen and oxygen atoms in total. The first-order chi connectivity index (χ1) is 7.54. The molecule has 3 unspecified atom stereocenters. The highest BCUT2D eigenvalue weighted by Gasteiger charge is 2.33. The highest BCUT2D eigenvalue weighted by atomic mass is 127. The van der Waals surface area contributed by atoms with Crippen molar-refractivity contribution in [3.63, 3.8) is 0 Å². The lowest BCUT2D eigenvalue weighted by Crippen LogP contribution is -2.35. The summed E-state index contributed by atoms with van der Waals surface area (Å²) in [5.74, 6) is 1.69. The number of halogens is 1. The van der Waals surface area contributed by atoms with Gasteiger partial charge < -0.3 is 9.47 Å². The normalized spacial score (nSPS) is 30.2. The summed E-state index contributed by atoms with van der Waals surface area (Å²) in [6.07, 6.45) is 2.89. The van der Waals surface area contributed by atoms with E-state index in [0.717, 1.165) is 12.8 Å². The highest BCUT2D eigenvalue weighted by molar-refractivity contribution is 14.1. The van der Waals surface area contributed by atoms with E-state index in [9.17, 15) is 4.79 Å². The Hall–Kier alpha value is 0. The van der Waals surface area contributed by atoms with Crippen LogP contribution in [0, 0.1) is 17.8 Å². The van der Waals surface area contributed by atoms with Gasteiger partial charge in [0.05, 0.1) is 0 Å². The lowest BCUT2D eigenvalue weighted by Gasteiger charge is -2.36. The van der Waals surface area contributed by atoms with Crippen LogP contribution >= 0.6 is 22.6 Å². The van der Waals surface area contributed by atoms with Gasteiger partial charge in [-0.25, -0.2) is 4.79 Å². The van der Waals surface area contributed by atoms with Gasteiger partial charge in [0.2, 0.25) is 0 Å². The first-order valence-electron chi connectivity index (χ1n) is 5.94. The average Bonchev–Trinajstić information content (AvgIpc) is 2.17. The van der Waals surface area contributed by atoms with Gasteiger partial charge in [-0.1, -0.05) is 27.2 Å². The van der Waals surface area contributed by atoms with E-state index in [0.29, 0.717) is 22.4 Å². The molecular weight excluding hydrogens is 319 g/mol.